The van der Waals surface area contributed by atoms with Gasteiger partial charge >= 0.3 is 0 Å². The first-order valence-electron chi connectivity index (χ1n) is 2.63. The molecule has 2 N–H and O–H groups in total. The molecule has 0 fully saturated rings. The van der Waals surface area contributed by atoms with E-state index in [-0.39, 0.29) is 12.4 Å². The van der Waals surface area contributed by atoms with Crippen LogP contribution in [0.2, 0.25) is 0 Å². The largest absolute Gasteiger partial charge is 0.326 e. The molecule has 56 valence electrons. The van der Waals surface area contributed by atoms with Crippen molar-refractivity contribution in [2.24, 2.45) is 5.73 Å². The van der Waals surface area contributed by atoms with Crippen LogP contribution in [-0.2, 0) is 6.54 Å². The van der Waals surface area contributed by atoms with E-state index >= 15 is 0 Å². The summed E-state index contributed by atoms with van der Waals surface area (Å²) in [7, 11) is 0. The Morgan fingerprint density at radius 1 is 1.60 bits per heavy atom. The maximum absolute atomic E-state index is 5.38. The first-order valence-corrected chi connectivity index (χ1v) is 3.42. The molecule has 1 aromatic heterocycles. The Balaban J connectivity index is 0.000000810. The van der Waals surface area contributed by atoms with Gasteiger partial charge in [-0.25, -0.2) is 0 Å². The van der Waals surface area contributed by atoms with Gasteiger partial charge in [-0.05, 0) is 11.6 Å². The monoisotopic (exact) mass is 222 g/mol. The number of pyridine rings is 1. The highest BCUT2D eigenvalue weighted by atomic mass is 79.9. The minimum absolute atomic E-state index is 0. The molecule has 0 spiro atoms. The number of halogens is 2. The summed E-state index contributed by atoms with van der Waals surface area (Å²) in [6, 6.07) is 1.88. The lowest BCUT2D eigenvalue weighted by molar-refractivity contribution is 1.04. The Hall–Kier alpha value is -0.120. The predicted molar refractivity (Wildman–Crippen MR) is 47.1 cm³/mol. The van der Waals surface area contributed by atoms with E-state index in [4.69, 9.17) is 5.73 Å². The Labute approximate surface area is 74.4 Å². The Morgan fingerprint density at radius 2 is 2.30 bits per heavy atom. The molecule has 0 amide bonds. The number of rotatable bonds is 1. The molecule has 0 saturated carbocycles. The molecule has 1 heterocycles. The zero-order valence-corrected chi connectivity index (χ0v) is 7.65. The number of hydrogen-bond acceptors (Lipinski definition) is 2. The van der Waals surface area contributed by atoms with E-state index in [1.54, 1.807) is 12.4 Å². The topological polar surface area (TPSA) is 38.9 Å². The van der Waals surface area contributed by atoms with Gasteiger partial charge in [0.05, 0.1) is 0 Å². The normalized spacial score (nSPS) is 8.60. The molecule has 0 bridgehead atoms. The third kappa shape index (κ3) is 2.25. The number of nitrogens with two attached hydrogens (primary N) is 1. The van der Waals surface area contributed by atoms with Gasteiger partial charge in [-0.3, -0.25) is 4.98 Å². The maximum Gasteiger partial charge on any atom is 0.0324 e. The zero-order chi connectivity index (χ0) is 6.69. The molecule has 0 saturated heterocycles. The summed E-state index contributed by atoms with van der Waals surface area (Å²) in [4.78, 5) is 3.91. The SMILES string of the molecule is Cl.NCc1cnccc1Br. The van der Waals surface area contributed by atoms with Crippen molar-refractivity contribution in [3.05, 3.63) is 28.5 Å². The van der Waals surface area contributed by atoms with Gasteiger partial charge in [0.25, 0.3) is 0 Å². The van der Waals surface area contributed by atoms with E-state index < -0.39 is 0 Å². The van der Waals surface area contributed by atoms with Crippen molar-refractivity contribution in [2.45, 2.75) is 6.54 Å². The van der Waals surface area contributed by atoms with Crippen molar-refractivity contribution in [2.75, 3.05) is 0 Å². The van der Waals surface area contributed by atoms with Crippen LogP contribution in [0.15, 0.2) is 22.9 Å². The van der Waals surface area contributed by atoms with Gasteiger partial charge in [0.1, 0.15) is 0 Å². The highest BCUT2D eigenvalue weighted by molar-refractivity contribution is 9.10. The van der Waals surface area contributed by atoms with Gasteiger partial charge in [0, 0.05) is 23.4 Å². The van der Waals surface area contributed by atoms with Gasteiger partial charge in [0.15, 0.2) is 0 Å². The molecule has 0 radical (unpaired) electrons. The van der Waals surface area contributed by atoms with Crippen molar-refractivity contribution < 1.29 is 0 Å². The first kappa shape index (κ1) is 9.88. The molecule has 1 aromatic rings. The number of aromatic nitrogens is 1. The quantitative estimate of drug-likeness (QED) is 0.787. The molecule has 4 heteroatoms. The highest BCUT2D eigenvalue weighted by Gasteiger charge is 1.92. The molecule has 0 aliphatic rings. The third-order valence-corrected chi connectivity index (χ3v) is 1.84. The fourth-order valence-corrected chi connectivity index (χ4v) is 0.943. The van der Waals surface area contributed by atoms with Gasteiger partial charge in [-0.1, -0.05) is 15.9 Å². The second-order valence-corrected chi connectivity index (χ2v) is 2.53. The highest BCUT2D eigenvalue weighted by Crippen LogP contribution is 2.12. The van der Waals surface area contributed by atoms with Crippen molar-refractivity contribution in [1.82, 2.24) is 4.98 Å². The predicted octanol–water partition coefficient (Wildman–Crippen LogP) is 1.72. The van der Waals surface area contributed by atoms with E-state index in [1.165, 1.54) is 0 Å². The van der Waals surface area contributed by atoms with Gasteiger partial charge in [-0.2, -0.15) is 0 Å². The Bertz CT molecular complexity index is 205. The second-order valence-electron chi connectivity index (χ2n) is 1.67. The standard InChI is InChI=1S/C6H7BrN2.ClH/c7-6-1-2-9-4-5(6)3-8;/h1-2,4H,3,8H2;1H. The second kappa shape index (κ2) is 4.66. The lowest BCUT2D eigenvalue weighted by Crippen LogP contribution is -1.97. The maximum atomic E-state index is 5.38. The zero-order valence-electron chi connectivity index (χ0n) is 5.25. The van der Waals surface area contributed by atoms with Crippen LogP contribution >= 0.6 is 28.3 Å². The molecule has 0 aromatic carbocycles. The molecule has 1 rings (SSSR count). The van der Waals surface area contributed by atoms with Crippen molar-refractivity contribution in [3.8, 4) is 0 Å². The van der Waals surface area contributed by atoms with Crippen LogP contribution < -0.4 is 5.73 Å². The fraction of sp³-hybridized carbons (Fsp3) is 0.167. The Kier molecular flexibility index (Phi) is 4.60. The van der Waals surface area contributed by atoms with E-state index in [9.17, 15) is 0 Å². The molecule has 0 atom stereocenters. The van der Waals surface area contributed by atoms with E-state index in [2.05, 4.69) is 20.9 Å². The molecule has 0 unspecified atom stereocenters. The summed E-state index contributed by atoms with van der Waals surface area (Å²) in [5.41, 5.74) is 6.42. The van der Waals surface area contributed by atoms with Crippen LogP contribution in [-0.4, -0.2) is 4.98 Å². The number of nitrogens with zero attached hydrogens (tertiary/aromatic N) is 1. The van der Waals surface area contributed by atoms with Crippen molar-refractivity contribution in [3.63, 3.8) is 0 Å². The minimum atomic E-state index is 0. The van der Waals surface area contributed by atoms with Crippen LogP contribution in [0, 0.1) is 0 Å². The van der Waals surface area contributed by atoms with Gasteiger partial charge < -0.3 is 5.73 Å². The van der Waals surface area contributed by atoms with Crippen LogP contribution in [0.5, 0.6) is 0 Å². The van der Waals surface area contributed by atoms with E-state index in [0.717, 1.165) is 10.0 Å². The first-order chi connectivity index (χ1) is 4.34. The average Bonchev–Trinajstić information content (AvgIpc) is 1.89. The van der Waals surface area contributed by atoms with Crippen LogP contribution in [0.25, 0.3) is 0 Å². The third-order valence-electron chi connectivity index (χ3n) is 1.06. The summed E-state index contributed by atoms with van der Waals surface area (Å²) < 4.78 is 1.03. The van der Waals surface area contributed by atoms with E-state index in [1.807, 2.05) is 6.07 Å². The summed E-state index contributed by atoms with van der Waals surface area (Å²) in [5, 5.41) is 0. The van der Waals surface area contributed by atoms with Crippen LogP contribution in [0.4, 0.5) is 0 Å². The summed E-state index contributed by atoms with van der Waals surface area (Å²) in [6.07, 6.45) is 3.48. The molecule has 10 heavy (non-hydrogen) atoms. The van der Waals surface area contributed by atoms with E-state index in [0.29, 0.717) is 6.54 Å². The van der Waals surface area contributed by atoms with Crippen LogP contribution in [0.1, 0.15) is 5.56 Å². The molecule has 2 nitrogen and oxygen atoms in total. The molecular weight excluding hydrogens is 215 g/mol. The summed E-state index contributed by atoms with van der Waals surface area (Å²) in [5.74, 6) is 0. The van der Waals surface area contributed by atoms with Crippen molar-refractivity contribution in [1.29, 1.82) is 0 Å². The lowest BCUT2D eigenvalue weighted by atomic mass is 10.3. The summed E-state index contributed by atoms with van der Waals surface area (Å²) >= 11 is 3.34. The lowest BCUT2D eigenvalue weighted by Gasteiger charge is -1.95. The molecule has 0 aliphatic heterocycles. The van der Waals surface area contributed by atoms with Gasteiger partial charge in [-0.15, -0.1) is 12.4 Å². The summed E-state index contributed by atoms with van der Waals surface area (Å²) in [6.45, 7) is 0.536. The van der Waals surface area contributed by atoms with Crippen molar-refractivity contribution >= 4 is 28.3 Å². The number of hydrogen-bond donors (Lipinski definition) is 1. The minimum Gasteiger partial charge on any atom is -0.326 e. The fourth-order valence-electron chi connectivity index (χ4n) is 0.560. The molecular formula is C6H8BrClN2. The Morgan fingerprint density at radius 3 is 2.70 bits per heavy atom. The van der Waals surface area contributed by atoms with Crippen LogP contribution in [0.3, 0.4) is 0 Å². The molecule has 0 aliphatic carbocycles. The smallest absolute Gasteiger partial charge is 0.0324 e. The average molecular weight is 224 g/mol. The van der Waals surface area contributed by atoms with Gasteiger partial charge in [0.2, 0.25) is 0 Å².